The van der Waals surface area contributed by atoms with Crippen LogP contribution in [0.2, 0.25) is 0 Å². The number of ether oxygens (including phenoxy) is 1. The summed E-state index contributed by atoms with van der Waals surface area (Å²) >= 11 is 0. The molecule has 108 valence electrons. The molecule has 0 saturated carbocycles. The summed E-state index contributed by atoms with van der Waals surface area (Å²) in [4.78, 5) is 11.2. The predicted molar refractivity (Wildman–Crippen MR) is 72.2 cm³/mol. The molecule has 1 rings (SSSR count). The molecular formula is C13H16N2O4S. The van der Waals surface area contributed by atoms with Crippen LogP contribution in [0.5, 0.6) is 0 Å². The van der Waals surface area contributed by atoms with E-state index >= 15 is 0 Å². The fourth-order valence-corrected chi connectivity index (χ4v) is 2.51. The van der Waals surface area contributed by atoms with Crippen molar-refractivity contribution in [1.29, 1.82) is 5.26 Å². The van der Waals surface area contributed by atoms with Gasteiger partial charge in [-0.1, -0.05) is 12.1 Å². The van der Waals surface area contributed by atoms with Crippen molar-refractivity contribution in [3.8, 4) is 6.07 Å². The van der Waals surface area contributed by atoms with Crippen LogP contribution in [-0.4, -0.2) is 27.5 Å². The molecule has 1 aromatic rings. The summed E-state index contributed by atoms with van der Waals surface area (Å²) in [5.74, 6) is -0.445. The third-order valence-corrected chi connectivity index (χ3v) is 3.92. The highest BCUT2D eigenvalue weighted by Gasteiger charge is 2.14. The van der Waals surface area contributed by atoms with E-state index in [1.54, 1.807) is 19.1 Å². The maximum atomic E-state index is 11.9. The zero-order valence-electron chi connectivity index (χ0n) is 11.1. The lowest BCUT2D eigenvalue weighted by molar-refractivity contribution is -0.142. The summed E-state index contributed by atoms with van der Waals surface area (Å²) in [5.41, 5.74) is 0.748. The van der Waals surface area contributed by atoms with E-state index in [9.17, 15) is 13.2 Å². The molecule has 1 aromatic carbocycles. The van der Waals surface area contributed by atoms with Gasteiger partial charge in [0.15, 0.2) is 0 Å². The molecule has 20 heavy (non-hydrogen) atoms. The van der Waals surface area contributed by atoms with Gasteiger partial charge in [-0.2, -0.15) is 5.26 Å². The molecule has 0 amide bonds. The van der Waals surface area contributed by atoms with Crippen LogP contribution in [0.25, 0.3) is 0 Å². The Labute approximate surface area is 118 Å². The maximum Gasteiger partial charge on any atom is 0.307 e. The third-order valence-electron chi connectivity index (χ3n) is 2.44. The van der Waals surface area contributed by atoms with Crippen LogP contribution < -0.4 is 4.72 Å². The molecule has 6 nitrogen and oxygen atoms in total. The van der Waals surface area contributed by atoms with Gasteiger partial charge in [-0.3, -0.25) is 4.79 Å². The number of carbonyl (C=O) groups is 1. The number of hydrogen-bond acceptors (Lipinski definition) is 5. The Hall–Kier alpha value is -1.91. The summed E-state index contributed by atoms with van der Waals surface area (Å²) in [5, 5.41) is 8.54. The molecular weight excluding hydrogens is 280 g/mol. The summed E-state index contributed by atoms with van der Waals surface area (Å²) in [7, 11) is -3.64. The summed E-state index contributed by atoms with van der Waals surface area (Å²) in [6.45, 7) is 1.94. The molecule has 0 aliphatic carbocycles. The predicted octanol–water partition coefficient (Wildman–Crippen LogP) is 0.984. The van der Waals surface area contributed by atoms with E-state index < -0.39 is 16.0 Å². The minimum absolute atomic E-state index is 0.0128. The fraction of sp³-hybridized carbons (Fsp3) is 0.385. The van der Waals surface area contributed by atoms with Crippen molar-refractivity contribution in [3.63, 3.8) is 0 Å². The normalized spacial score (nSPS) is 10.8. The van der Waals surface area contributed by atoms with Crippen molar-refractivity contribution in [1.82, 2.24) is 4.72 Å². The molecule has 0 bridgehead atoms. The first-order valence-electron chi connectivity index (χ1n) is 6.10. The second kappa shape index (κ2) is 7.62. The van der Waals surface area contributed by atoms with Crippen LogP contribution in [0.4, 0.5) is 0 Å². The van der Waals surface area contributed by atoms with Gasteiger partial charge in [-0.05, 0) is 24.6 Å². The Balaban J connectivity index is 2.60. The Morgan fingerprint density at radius 2 is 2.00 bits per heavy atom. The lowest BCUT2D eigenvalue weighted by Crippen LogP contribution is -2.26. The number of nitrogens with one attached hydrogen (secondary N) is 1. The smallest absolute Gasteiger partial charge is 0.307 e. The minimum atomic E-state index is -3.64. The molecule has 1 N–H and O–H groups in total. The zero-order chi connectivity index (χ0) is 15.0. The lowest BCUT2D eigenvalue weighted by Gasteiger charge is -2.07. The molecule has 0 aliphatic rings. The van der Waals surface area contributed by atoms with Gasteiger partial charge >= 0.3 is 5.97 Å². The van der Waals surface area contributed by atoms with Crippen molar-refractivity contribution < 1.29 is 17.9 Å². The number of nitrogens with zero attached hydrogens (tertiary/aromatic N) is 1. The highest BCUT2D eigenvalue weighted by molar-refractivity contribution is 7.89. The van der Waals surface area contributed by atoms with Crippen LogP contribution in [0, 0.1) is 11.3 Å². The van der Waals surface area contributed by atoms with E-state index in [4.69, 9.17) is 10.00 Å². The van der Waals surface area contributed by atoms with Gasteiger partial charge in [0, 0.05) is 6.54 Å². The van der Waals surface area contributed by atoms with E-state index in [1.165, 1.54) is 12.1 Å². The molecule has 0 fully saturated rings. The summed E-state index contributed by atoms with van der Waals surface area (Å²) in [6.07, 6.45) is 0.218. The van der Waals surface area contributed by atoms with Gasteiger partial charge in [0.25, 0.3) is 0 Å². The monoisotopic (exact) mass is 296 g/mol. The van der Waals surface area contributed by atoms with Crippen molar-refractivity contribution >= 4 is 16.0 Å². The van der Waals surface area contributed by atoms with Crippen molar-refractivity contribution in [2.24, 2.45) is 0 Å². The average Bonchev–Trinajstić information content (AvgIpc) is 2.40. The van der Waals surface area contributed by atoms with Crippen LogP contribution in [-0.2, 0) is 26.0 Å². The van der Waals surface area contributed by atoms with Gasteiger partial charge in [0.2, 0.25) is 10.0 Å². The van der Waals surface area contributed by atoms with E-state index in [2.05, 4.69) is 4.72 Å². The Bertz CT molecular complexity index is 588. The highest BCUT2D eigenvalue weighted by Crippen LogP contribution is 2.10. The molecule has 0 atom stereocenters. The molecule has 0 unspecified atom stereocenters. The zero-order valence-corrected chi connectivity index (χ0v) is 11.9. The van der Waals surface area contributed by atoms with E-state index in [0.717, 1.165) is 5.56 Å². The second-order valence-corrected chi connectivity index (χ2v) is 5.70. The van der Waals surface area contributed by atoms with Gasteiger partial charge < -0.3 is 4.74 Å². The Kier molecular flexibility index (Phi) is 6.15. The molecule has 7 heteroatoms. The van der Waals surface area contributed by atoms with E-state index in [1.807, 2.05) is 6.07 Å². The number of benzene rings is 1. The first kappa shape index (κ1) is 16.1. The third kappa shape index (κ3) is 4.99. The highest BCUT2D eigenvalue weighted by atomic mass is 32.2. The number of rotatable bonds is 7. The lowest BCUT2D eigenvalue weighted by atomic mass is 10.2. The van der Waals surface area contributed by atoms with Gasteiger partial charge in [-0.15, -0.1) is 0 Å². The molecule has 0 radical (unpaired) electrons. The van der Waals surface area contributed by atoms with E-state index in [0.29, 0.717) is 0 Å². The van der Waals surface area contributed by atoms with Gasteiger partial charge in [0.05, 0.1) is 30.4 Å². The first-order chi connectivity index (χ1) is 9.49. The van der Waals surface area contributed by atoms with Crippen molar-refractivity contribution in [3.05, 3.63) is 29.8 Å². The topological polar surface area (TPSA) is 96.3 Å². The summed E-state index contributed by atoms with van der Waals surface area (Å²) in [6, 6.07) is 8.02. The average molecular weight is 296 g/mol. The van der Waals surface area contributed by atoms with Crippen molar-refractivity contribution in [2.75, 3.05) is 13.2 Å². The molecule has 0 aromatic heterocycles. The molecule has 0 heterocycles. The molecule has 0 aliphatic heterocycles. The first-order valence-corrected chi connectivity index (χ1v) is 7.59. The van der Waals surface area contributed by atoms with Crippen LogP contribution in [0.15, 0.2) is 29.2 Å². The van der Waals surface area contributed by atoms with Gasteiger partial charge in [0.1, 0.15) is 0 Å². The standard InChI is InChI=1S/C13H16N2O4S/c1-2-19-13(16)8-10-15-20(17,18)12-5-3-11(4-6-12)7-9-14/h3-6,15H,2,7-8,10H2,1H3. The molecule has 0 spiro atoms. The molecule has 0 saturated heterocycles. The number of nitriles is 1. The fourth-order valence-electron chi connectivity index (χ4n) is 1.48. The number of esters is 1. The number of sulfonamides is 1. The van der Waals surface area contributed by atoms with Crippen molar-refractivity contribution in [2.45, 2.75) is 24.7 Å². The largest absolute Gasteiger partial charge is 0.466 e. The number of hydrogen-bond donors (Lipinski definition) is 1. The van der Waals surface area contributed by atoms with Crippen LogP contribution in [0.3, 0.4) is 0 Å². The van der Waals surface area contributed by atoms with Gasteiger partial charge in [-0.25, -0.2) is 13.1 Å². The Morgan fingerprint density at radius 1 is 1.35 bits per heavy atom. The number of carbonyl (C=O) groups excluding carboxylic acids is 1. The maximum absolute atomic E-state index is 11.9. The second-order valence-electron chi connectivity index (χ2n) is 3.93. The SMILES string of the molecule is CCOC(=O)CCNS(=O)(=O)c1ccc(CC#N)cc1. The Morgan fingerprint density at radius 3 is 2.55 bits per heavy atom. The van der Waals surface area contributed by atoms with E-state index in [-0.39, 0.29) is 30.9 Å². The quantitative estimate of drug-likeness (QED) is 0.757. The summed E-state index contributed by atoms with van der Waals surface area (Å²) < 4.78 is 30.8. The van der Waals surface area contributed by atoms with Crippen LogP contribution >= 0.6 is 0 Å². The van der Waals surface area contributed by atoms with Crippen LogP contribution in [0.1, 0.15) is 18.9 Å². The minimum Gasteiger partial charge on any atom is -0.466 e.